The fourth-order valence-corrected chi connectivity index (χ4v) is 3.37. The topological polar surface area (TPSA) is 47.3 Å². The molecule has 0 spiro atoms. The van der Waals surface area contributed by atoms with Gasteiger partial charge in [-0.05, 0) is 44.1 Å². The van der Waals surface area contributed by atoms with Crippen LogP contribution in [0.1, 0.15) is 44.9 Å². The third-order valence-electron chi connectivity index (χ3n) is 4.59. The van der Waals surface area contributed by atoms with E-state index in [2.05, 4.69) is 5.32 Å². The van der Waals surface area contributed by atoms with E-state index in [4.69, 9.17) is 10.5 Å². The maximum Gasteiger partial charge on any atom is 0.0724 e. The zero-order valence-corrected chi connectivity index (χ0v) is 10.5. The minimum absolute atomic E-state index is 0.390. The second kappa shape index (κ2) is 5.48. The molecule has 0 saturated heterocycles. The van der Waals surface area contributed by atoms with Crippen LogP contribution < -0.4 is 11.1 Å². The maximum absolute atomic E-state index is 5.95. The minimum atomic E-state index is 0.390. The van der Waals surface area contributed by atoms with Gasteiger partial charge in [0.2, 0.25) is 0 Å². The van der Waals surface area contributed by atoms with E-state index in [1.807, 2.05) is 7.11 Å². The zero-order valence-electron chi connectivity index (χ0n) is 10.5. The Balaban J connectivity index is 1.81. The molecule has 0 heterocycles. The van der Waals surface area contributed by atoms with E-state index in [-0.39, 0.29) is 0 Å². The molecular formula is C13H26N2O. The Morgan fingerprint density at radius 2 is 2.00 bits per heavy atom. The molecule has 2 atom stereocenters. The Morgan fingerprint density at radius 1 is 1.25 bits per heavy atom. The summed E-state index contributed by atoms with van der Waals surface area (Å²) in [4.78, 5) is 0. The SMILES string of the molecule is COC1CCCC1NCC1(CN)CCCC1. The smallest absolute Gasteiger partial charge is 0.0724 e. The van der Waals surface area contributed by atoms with Crippen LogP contribution in [0.15, 0.2) is 0 Å². The summed E-state index contributed by atoms with van der Waals surface area (Å²) in [6.45, 7) is 1.93. The average Bonchev–Trinajstić information content (AvgIpc) is 2.96. The van der Waals surface area contributed by atoms with Gasteiger partial charge in [-0.15, -0.1) is 0 Å². The van der Waals surface area contributed by atoms with Crippen molar-refractivity contribution in [3.8, 4) is 0 Å². The lowest BCUT2D eigenvalue weighted by molar-refractivity contribution is 0.0805. The monoisotopic (exact) mass is 226 g/mol. The van der Waals surface area contributed by atoms with Gasteiger partial charge >= 0.3 is 0 Å². The second-order valence-electron chi connectivity index (χ2n) is 5.60. The molecule has 2 aliphatic rings. The van der Waals surface area contributed by atoms with Gasteiger partial charge in [-0.1, -0.05) is 12.8 Å². The normalized spacial score (nSPS) is 33.4. The molecular weight excluding hydrogens is 200 g/mol. The second-order valence-corrected chi connectivity index (χ2v) is 5.60. The van der Waals surface area contributed by atoms with Crippen molar-refractivity contribution >= 4 is 0 Å². The van der Waals surface area contributed by atoms with E-state index in [1.54, 1.807) is 0 Å². The van der Waals surface area contributed by atoms with Gasteiger partial charge in [0.05, 0.1) is 6.10 Å². The summed E-state index contributed by atoms with van der Waals surface area (Å²) in [5, 5.41) is 3.71. The van der Waals surface area contributed by atoms with Crippen LogP contribution in [0.5, 0.6) is 0 Å². The summed E-state index contributed by atoms with van der Waals surface area (Å²) in [5.41, 5.74) is 6.34. The number of ether oxygens (including phenoxy) is 1. The molecule has 0 aromatic heterocycles. The highest BCUT2D eigenvalue weighted by molar-refractivity contribution is 4.91. The van der Waals surface area contributed by atoms with Crippen molar-refractivity contribution in [2.75, 3.05) is 20.2 Å². The van der Waals surface area contributed by atoms with Gasteiger partial charge < -0.3 is 15.8 Å². The van der Waals surface area contributed by atoms with Crippen LogP contribution in [-0.2, 0) is 4.74 Å². The lowest BCUT2D eigenvalue weighted by Crippen LogP contribution is -2.45. The summed E-state index contributed by atoms with van der Waals surface area (Å²) in [5.74, 6) is 0. The Morgan fingerprint density at radius 3 is 2.62 bits per heavy atom. The van der Waals surface area contributed by atoms with Crippen LogP contribution in [0.2, 0.25) is 0 Å². The van der Waals surface area contributed by atoms with Crippen molar-refractivity contribution in [2.24, 2.45) is 11.1 Å². The fraction of sp³-hybridized carbons (Fsp3) is 1.00. The van der Waals surface area contributed by atoms with Crippen molar-refractivity contribution in [3.05, 3.63) is 0 Å². The van der Waals surface area contributed by atoms with Gasteiger partial charge in [-0.2, -0.15) is 0 Å². The van der Waals surface area contributed by atoms with Gasteiger partial charge in [0.15, 0.2) is 0 Å². The molecule has 3 N–H and O–H groups in total. The molecule has 3 nitrogen and oxygen atoms in total. The van der Waals surface area contributed by atoms with E-state index in [1.165, 1.54) is 44.9 Å². The molecule has 2 rings (SSSR count). The molecule has 0 aromatic rings. The average molecular weight is 226 g/mol. The summed E-state index contributed by atoms with van der Waals surface area (Å²) < 4.78 is 5.51. The molecule has 2 unspecified atom stereocenters. The number of methoxy groups -OCH3 is 1. The number of hydrogen-bond acceptors (Lipinski definition) is 3. The van der Waals surface area contributed by atoms with Gasteiger partial charge in [-0.25, -0.2) is 0 Å². The van der Waals surface area contributed by atoms with Crippen LogP contribution >= 0.6 is 0 Å². The fourth-order valence-electron chi connectivity index (χ4n) is 3.37. The Labute approximate surface area is 99.1 Å². The maximum atomic E-state index is 5.95. The first-order valence-electron chi connectivity index (χ1n) is 6.76. The van der Waals surface area contributed by atoms with E-state index in [9.17, 15) is 0 Å². The highest BCUT2D eigenvalue weighted by Gasteiger charge is 2.34. The molecule has 16 heavy (non-hydrogen) atoms. The molecule has 2 aliphatic carbocycles. The number of nitrogens with one attached hydrogen (secondary N) is 1. The molecule has 94 valence electrons. The first kappa shape index (κ1) is 12.3. The Bertz CT molecular complexity index is 214. The summed E-state index contributed by atoms with van der Waals surface area (Å²) >= 11 is 0. The summed E-state index contributed by atoms with van der Waals surface area (Å²) in [6, 6.07) is 0.564. The van der Waals surface area contributed by atoms with E-state index >= 15 is 0 Å². The molecule has 0 amide bonds. The molecule has 0 aliphatic heterocycles. The van der Waals surface area contributed by atoms with Crippen LogP contribution in [-0.4, -0.2) is 32.3 Å². The van der Waals surface area contributed by atoms with Gasteiger partial charge in [0.1, 0.15) is 0 Å². The van der Waals surface area contributed by atoms with Gasteiger partial charge in [0, 0.05) is 19.7 Å². The Hall–Kier alpha value is -0.120. The third kappa shape index (κ3) is 2.58. The van der Waals surface area contributed by atoms with Crippen molar-refractivity contribution in [3.63, 3.8) is 0 Å². The van der Waals surface area contributed by atoms with Crippen LogP contribution in [0.3, 0.4) is 0 Å². The quantitative estimate of drug-likeness (QED) is 0.749. The highest BCUT2D eigenvalue weighted by Crippen LogP contribution is 2.37. The number of rotatable bonds is 5. The summed E-state index contributed by atoms with van der Waals surface area (Å²) in [6.07, 6.45) is 9.53. The van der Waals surface area contributed by atoms with Crippen molar-refractivity contribution in [1.29, 1.82) is 0 Å². The molecule has 2 saturated carbocycles. The summed E-state index contributed by atoms with van der Waals surface area (Å²) in [7, 11) is 1.83. The molecule has 0 bridgehead atoms. The lowest BCUT2D eigenvalue weighted by Gasteiger charge is -2.30. The highest BCUT2D eigenvalue weighted by atomic mass is 16.5. The standard InChI is InChI=1S/C13H26N2O/c1-16-12-6-4-5-11(12)15-10-13(9-14)7-2-3-8-13/h11-12,15H,2-10,14H2,1H3. The van der Waals surface area contributed by atoms with Crippen LogP contribution in [0.4, 0.5) is 0 Å². The van der Waals surface area contributed by atoms with E-state index in [0.29, 0.717) is 17.6 Å². The Kier molecular flexibility index (Phi) is 4.22. The number of nitrogens with two attached hydrogens (primary N) is 1. The molecule has 0 radical (unpaired) electrons. The molecule has 2 fully saturated rings. The number of hydrogen-bond donors (Lipinski definition) is 2. The molecule has 0 aromatic carbocycles. The minimum Gasteiger partial charge on any atom is -0.380 e. The van der Waals surface area contributed by atoms with Gasteiger partial charge in [0.25, 0.3) is 0 Å². The third-order valence-corrected chi connectivity index (χ3v) is 4.59. The predicted octanol–water partition coefficient (Wildman–Crippen LogP) is 1.66. The van der Waals surface area contributed by atoms with Crippen molar-refractivity contribution in [2.45, 2.75) is 57.1 Å². The predicted molar refractivity (Wildman–Crippen MR) is 66.4 cm³/mol. The van der Waals surface area contributed by atoms with Crippen molar-refractivity contribution in [1.82, 2.24) is 5.32 Å². The van der Waals surface area contributed by atoms with Gasteiger partial charge in [-0.3, -0.25) is 0 Å². The first-order chi connectivity index (χ1) is 7.79. The van der Waals surface area contributed by atoms with Crippen LogP contribution in [0.25, 0.3) is 0 Å². The van der Waals surface area contributed by atoms with E-state index in [0.717, 1.165) is 13.1 Å². The lowest BCUT2D eigenvalue weighted by atomic mass is 9.86. The van der Waals surface area contributed by atoms with Crippen molar-refractivity contribution < 1.29 is 4.74 Å². The largest absolute Gasteiger partial charge is 0.380 e. The first-order valence-corrected chi connectivity index (χ1v) is 6.76. The zero-order chi connectivity index (χ0) is 11.4. The van der Waals surface area contributed by atoms with Crippen LogP contribution in [0, 0.1) is 5.41 Å². The van der Waals surface area contributed by atoms with E-state index < -0.39 is 0 Å². The molecule has 3 heteroatoms.